The third kappa shape index (κ3) is 12.5. The largest absolute Gasteiger partial charge is 0.444 e. The van der Waals surface area contributed by atoms with Gasteiger partial charge in [-0.15, -0.1) is 0 Å². The lowest BCUT2D eigenvalue weighted by Crippen LogP contribution is -2.43. The van der Waals surface area contributed by atoms with Gasteiger partial charge >= 0.3 is 6.09 Å². The number of amides is 1. The van der Waals surface area contributed by atoms with E-state index >= 15 is 0 Å². The van der Waals surface area contributed by atoms with Gasteiger partial charge in [-0.05, 0) is 59.8 Å². The molecule has 1 amide bonds. The van der Waals surface area contributed by atoms with Crippen LogP contribution in [0.4, 0.5) is 4.79 Å². The fourth-order valence-electron chi connectivity index (χ4n) is 2.59. The van der Waals surface area contributed by atoms with Crippen molar-refractivity contribution in [3.05, 3.63) is 0 Å². The summed E-state index contributed by atoms with van der Waals surface area (Å²) in [5, 5.41) is 15.8. The summed E-state index contributed by atoms with van der Waals surface area (Å²) in [6.45, 7) is 14.2. The van der Waals surface area contributed by atoms with Crippen LogP contribution < -0.4 is 10.6 Å². The molecular weight excluding hydrogens is 344 g/mol. The summed E-state index contributed by atoms with van der Waals surface area (Å²) < 4.78 is 5.41. The molecule has 0 aliphatic rings. The maximum Gasteiger partial charge on any atom is 0.410 e. The molecule has 3 N–H and O–H groups in total. The number of aliphatic imine (C=N–C) groups is 1. The molecule has 0 rings (SSSR count). The Morgan fingerprint density at radius 2 is 1.85 bits per heavy atom. The molecule has 0 aromatic heterocycles. The Morgan fingerprint density at radius 1 is 1.19 bits per heavy atom. The van der Waals surface area contributed by atoms with Crippen LogP contribution in [0.1, 0.15) is 67.2 Å². The van der Waals surface area contributed by atoms with E-state index in [1.165, 1.54) is 0 Å². The van der Waals surface area contributed by atoms with Crippen LogP contribution in [-0.2, 0) is 4.74 Å². The number of aliphatic hydroxyl groups is 1. The number of carbonyl (C=O) groups is 1. The third-order valence-electron chi connectivity index (χ3n) is 4.28. The monoisotopic (exact) mass is 386 g/mol. The van der Waals surface area contributed by atoms with Crippen LogP contribution in [0.2, 0.25) is 0 Å². The number of rotatable bonds is 11. The summed E-state index contributed by atoms with van der Waals surface area (Å²) in [5.41, 5.74) is -0.488. The molecule has 2 atom stereocenters. The molecule has 7 nitrogen and oxygen atoms in total. The first-order valence-electron chi connectivity index (χ1n) is 10.2. The fourth-order valence-corrected chi connectivity index (χ4v) is 2.59. The number of guanidine groups is 1. The summed E-state index contributed by atoms with van der Waals surface area (Å²) in [7, 11) is 1.77. The zero-order valence-electron chi connectivity index (χ0n) is 18.5. The standard InChI is InChI=1S/C20H42N4O3/c1-8-10-17(12-14-25)15-23-18(21-9-2)22-13-11-16(3)24(7)19(26)27-20(4,5)6/h16-17,25H,8-15H2,1-7H3,(H2,21,22,23). The highest BCUT2D eigenvalue weighted by Gasteiger charge is 2.22. The number of nitrogens with zero attached hydrogens (tertiary/aromatic N) is 2. The van der Waals surface area contributed by atoms with Crippen molar-refractivity contribution in [2.75, 3.05) is 33.3 Å². The zero-order chi connectivity index (χ0) is 20.9. The van der Waals surface area contributed by atoms with Gasteiger partial charge in [-0.2, -0.15) is 0 Å². The molecule has 160 valence electrons. The highest BCUT2D eigenvalue weighted by atomic mass is 16.6. The number of carbonyl (C=O) groups excluding carboxylic acids is 1. The predicted octanol–water partition coefficient (Wildman–Crippen LogP) is 2.99. The van der Waals surface area contributed by atoms with E-state index in [1.807, 2.05) is 34.6 Å². The van der Waals surface area contributed by atoms with Gasteiger partial charge in [-0.1, -0.05) is 13.3 Å². The van der Waals surface area contributed by atoms with Crippen LogP contribution in [0.5, 0.6) is 0 Å². The number of ether oxygens (including phenoxy) is 1. The van der Waals surface area contributed by atoms with Crippen LogP contribution in [-0.4, -0.2) is 67.0 Å². The molecule has 0 heterocycles. The molecule has 0 aromatic carbocycles. The molecule has 7 heteroatoms. The van der Waals surface area contributed by atoms with Crippen LogP contribution in [0.3, 0.4) is 0 Å². The first kappa shape index (κ1) is 25.5. The van der Waals surface area contributed by atoms with Crippen molar-refractivity contribution < 1.29 is 14.6 Å². The first-order chi connectivity index (χ1) is 12.6. The maximum absolute atomic E-state index is 12.1. The van der Waals surface area contributed by atoms with Gasteiger partial charge in [0.2, 0.25) is 0 Å². The van der Waals surface area contributed by atoms with Crippen molar-refractivity contribution in [2.24, 2.45) is 10.9 Å². The van der Waals surface area contributed by atoms with E-state index in [0.717, 1.165) is 38.2 Å². The minimum atomic E-state index is -0.488. The minimum absolute atomic E-state index is 0.0532. The summed E-state index contributed by atoms with van der Waals surface area (Å²) in [4.78, 5) is 18.4. The number of hydrogen-bond donors (Lipinski definition) is 3. The molecule has 0 aromatic rings. The molecule has 2 unspecified atom stereocenters. The van der Waals surface area contributed by atoms with Crippen LogP contribution in [0.15, 0.2) is 4.99 Å². The van der Waals surface area contributed by atoms with E-state index in [9.17, 15) is 9.90 Å². The van der Waals surface area contributed by atoms with Crippen molar-refractivity contribution in [3.63, 3.8) is 0 Å². The summed E-state index contributed by atoms with van der Waals surface area (Å²) in [5.74, 6) is 1.19. The predicted molar refractivity (Wildman–Crippen MR) is 112 cm³/mol. The van der Waals surface area contributed by atoms with Crippen molar-refractivity contribution in [1.82, 2.24) is 15.5 Å². The quantitative estimate of drug-likeness (QED) is 0.375. The van der Waals surface area contributed by atoms with E-state index in [2.05, 4.69) is 22.5 Å². The van der Waals surface area contributed by atoms with Gasteiger partial charge in [-0.25, -0.2) is 4.79 Å². The number of hydrogen-bond acceptors (Lipinski definition) is 4. The van der Waals surface area contributed by atoms with Crippen LogP contribution >= 0.6 is 0 Å². The second-order valence-electron chi connectivity index (χ2n) is 8.04. The summed E-state index contributed by atoms with van der Waals surface area (Å²) >= 11 is 0. The zero-order valence-corrected chi connectivity index (χ0v) is 18.5. The Balaban J connectivity index is 4.51. The molecule has 0 saturated carbocycles. The molecule has 0 fully saturated rings. The molecule has 0 saturated heterocycles. The Morgan fingerprint density at radius 3 is 2.37 bits per heavy atom. The Labute approximate surface area is 165 Å². The highest BCUT2D eigenvalue weighted by molar-refractivity contribution is 5.79. The van der Waals surface area contributed by atoms with E-state index in [1.54, 1.807) is 11.9 Å². The van der Waals surface area contributed by atoms with Gasteiger partial charge < -0.3 is 25.4 Å². The lowest BCUT2D eigenvalue weighted by molar-refractivity contribution is 0.0230. The van der Waals surface area contributed by atoms with E-state index in [-0.39, 0.29) is 18.7 Å². The van der Waals surface area contributed by atoms with Gasteiger partial charge in [0, 0.05) is 39.3 Å². The normalized spacial score (nSPS) is 14.4. The average Bonchev–Trinajstić information content (AvgIpc) is 2.57. The SMILES string of the molecule is CCCC(CCO)CN=C(NCC)NCCC(C)N(C)C(=O)OC(C)(C)C. The van der Waals surface area contributed by atoms with Gasteiger partial charge in [0.05, 0.1) is 0 Å². The third-order valence-corrected chi connectivity index (χ3v) is 4.28. The smallest absolute Gasteiger partial charge is 0.410 e. The Bertz CT molecular complexity index is 429. The maximum atomic E-state index is 12.1. The van der Waals surface area contributed by atoms with Crippen LogP contribution in [0, 0.1) is 5.92 Å². The molecule has 27 heavy (non-hydrogen) atoms. The lowest BCUT2D eigenvalue weighted by atomic mass is 10.0. The van der Waals surface area contributed by atoms with Gasteiger partial charge in [-0.3, -0.25) is 4.99 Å². The molecule has 0 spiro atoms. The van der Waals surface area contributed by atoms with Crippen molar-refractivity contribution in [1.29, 1.82) is 0 Å². The van der Waals surface area contributed by atoms with E-state index in [4.69, 9.17) is 4.74 Å². The van der Waals surface area contributed by atoms with Crippen molar-refractivity contribution in [2.45, 2.75) is 78.9 Å². The topological polar surface area (TPSA) is 86.2 Å². The second kappa shape index (κ2) is 13.6. The van der Waals surface area contributed by atoms with E-state index < -0.39 is 5.60 Å². The molecule has 0 aliphatic carbocycles. The molecule has 0 bridgehead atoms. The second-order valence-corrected chi connectivity index (χ2v) is 8.04. The number of aliphatic hydroxyl groups excluding tert-OH is 1. The molecular formula is C20H42N4O3. The van der Waals surface area contributed by atoms with Crippen molar-refractivity contribution in [3.8, 4) is 0 Å². The van der Waals surface area contributed by atoms with Gasteiger partial charge in [0.25, 0.3) is 0 Å². The summed E-state index contributed by atoms with van der Waals surface area (Å²) in [6.07, 6.45) is 3.44. The minimum Gasteiger partial charge on any atom is -0.444 e. The van der Waals surface area contributed by atoms with Gasteiger partial charge in [0.1, 0.15) is 5.60 Å². The lowest BCUT2D eigenvalue weighted by Gasteiger charge is -2.29. The Kier molecular flexibility index (Phi) is 12.9. The highest BCUT2D eigenvalue weighted by Crippen LogP contribution is 2.12. The first-order valence-corrected chi connectivity index (χ1v) is 10.2. The van der Waals surface area contributed by atoms with E-state index in [0.29, 0.717) is 19.0 Å². The number of nitrogens with one attached hydrogen (secondary N) is 2. The fraction of sp³-hybridized carbons (Fsp3) is 0.900. The molecule has 0 aliphatic heterocycles. The Hall–Kier alpha value is -1.50. The average molecular weight is 387 g/mol. The van der Waals surface area contributed by atoms with Crippen molar-refractivity contribution >= 4 is 12.1 Å². The van der Waals surface area contributed by atoms with Crippen LogP contribution in [0.25, 0.3) is 0 Å². The summed E-state index contributed by atoms with van der Waals surface area (Å²) in [6, 6.07) is 0.0532. The van der Waals surface area contributed by atoms with Gasteiger partial charge in [0.15, 0.2) is 5.96 Å². The molecule has 0 radical (unpaired) electrons.